The predicted molar refractivity (Wildman–Crippen MR) is 33.2 cm³/mol. The Labute approximate surface area is 56.8 Å². The molecule has 0 radical (unpaired) electrons. The number of nitrogens with zero attached hydrogens (tertiary/aromatic N) is 2. The Morgan fingerprint density at radius 2 is 2.67 bits per heavy atom. The van der Waals surface area contributed by atoms with Crippen molar-refractivity contribution in [2.75, 3.05) is 6.61 Å². The van der Waals surface area contributed by atoms with E-state index >= 15 is 0 Å². The second-order valence-electron chi connectivity index (χ2n) is 2.31. The molecule has 48 valence electrons. The van der Waals surface area contributed by atoms with E-state index in [-0.39, 0.29) is 5.60 Å². The summed E-state index contributed by atoms with van der Waals surface area (Å²) in [7, 11) is 0. The maximum atomic E-state index is 5.14. The summed E-state index contributed by atoms with van der Waals surface area (Å²) in [4.78, 5) is 0. The summed E-state index contributed by atoms with van der Waals surface area (Å²) in [5, 5.41) is 5.82. The molecule has 0 spiro atoms. The lowest BCUT2D eigenvalue weighted by Crippen LogP contribution is -2.01. The molecule has 0 aliphatic carbocycles. The van der Waals surface area contributed by atoms with Crippen LogP contribution in [0.1, 0.15) is 12.6 Å². The van der Waals surface area contributed by atoms with Crippen molar-refractivity contribution < 1.29 is 4.74 Å². The summed E-state index contributed by atoms with van der Waals surface area (Å²) >= 11 is 1.37. The molecular formula is C5H6N2OS. The fourth-order valence-corrected chi connectivity index (χ4v) is 1.23. The third-order valence-electron chi connectivity index (χ3n) is 1.48. The van der Waals surface area contributed by atoms with Crippen molar-refractivity contribution >= 4 is 11.5 Å². The highest BCUT2D eigenvalue weighted by molar-refractivity contribution is 7.03. The molecule has 0 aromatic carbocycles. The van der Waals surface area contributed by atoms with Crippen LogP contribution in [0, 0.1) is 0 Å². The standard InChI is InChI=1S/C5H6N2OS/c1-5(3-8-5)4-2-9-7-6-4/h2H,3H2,1H3. The smallest absolute Gasteiger partial charge is 0.133 e. The molecule has 0 amide bonds. The Balaban J connectivity index is 2.34. The highest BCUT2D eigenvalue weighted by atomic mass is 32.1. The van der Waals surface area contributed by atoms with Crippen molar-refractivity contribution in [3.63, 3.8) is 0 Å². The van der Waals surface area contributed by atoms with Crippen molar-refractivity contribution in [1.29, 1.82) is 0 Å². The van der Waals surface area contributed by atoms with Crippen LogP contribution in [-0.2, 0) is 10.3 Å². The number of hydrogen-bond donors (Lipinski definition) is 0. The first kappa shape index (κ1) is 5.32. The molecule has 2 heterocycles. The lowest BCUT2D eigenvalue weighted by molar-refractivity contribution is 0.323. The van der Waals surface area contributed by atoms with Crippen LogP contribution in [0.25, 0.3) is 0 Å². The highest BCUT2D eigenvalue weighted by Crippen LogP contribution is 2.36. The van der Waals surface area contributed by atoms with E-state index < -0.39 is 0 Å². The molecule has 9 heavy (non-hydrogen) atoms. The van der Waals surface area contributed by atoms with Crippen LogP contribution in [-0.4, -0.2) is 16.2 Å². The first-order valence-corrected chi connectivity index (χ1v) is 3.56. The Morgan fingerprint density at radius 3 is 3.11 bits per heavy atom. The zero-order chi connectivity index (χ0) is 6.32. The van der Waals surface area contributed by atoms with Crippen LogP contribution in [0.3, 0.4) is 0 Å². The van der Waals surface area contributed by atoms with Crippen LogP contribution in [0.4, 0.5) is 0 Å². The molecule has 1 fully saturated rings. The van der Waals surface area contributed by atoms with E-state index in [4.69, 9.17) is 4.74 Å². The number of ether oxygens (including phenoxy) is 1. The Hall–Kier alpha value is -0.480. The summed E-state index contributed by atoms with van der Waals surface area (Å²) in [6.45, 7) is 2.81. The van der Waals surface area contributed by atoms with Gasteiger partial charge in [0.15, 0.2) is 0 Å². The Kier molecular flexibility index (Phi) is 0.896. The van der Waals surface area contributed by atoms with Crippen LogP contribution >= 0.6 is 11.5 Å². The van der Waals surface area contributed by atoms with E-state index in [0.717, 1.165) is 12.3 Å². The predicted octanol–water partition coefficient (Wildman–Crippen LogP) is 0.783. The number of hydrogen-bond acceptors (Lipinski definition) is 4. The van der Waals surface area contributed by atoms with Gasteiger partial charge in [-0.3, -0.25) is 0 Å². The fourth-order valence-electron chi connectivity index (χ4n) is 0.651. The average molecular weight is 142 g/mol. The van der Waals surface area contributed by atoms with Gasteiger partial charge >= 0.3 is 0 Å². The molecule has 4 heteroatoms. The van der Waals surface area contributed by atoms with Crippen LogP contribution in [0.5, 0.6) is 0 Å². The summed E-state index contributed by atoms with van der Waals surface area (Å²) in [5.41, 5.74) is 0.875. The Morgan fingerprint density at radius 1 is 1.89 bits per heavy atom. The molecule has 1 aliphatic heterocycles. The average Bonchev–Trinajstić information content (AvgIpc) is 2.46. The monoisotopic (exact) mass is 142 g/mol. The largest absolute Gasteiger partial charge is 0.363 e. The highest BCUT2D eigenvalue weighted by Gasteiger charge is 2.43. The van der Waals surface area contributed by atoms with Gasteiger partial charge in [-0.1, -0.05) is 4.49 Å². The first-order valence-electron chi connectivity index (χ1n) is 2.73. The topological polar surface area (TPSA) is 38.3 Å². The van der Waals surface area contributed by atoms with Crippen LogP contribution in [0.2, 0.25) is 0 Å². The zero-order valence-corrected chi connectivity index (χ0v) is 5.81. The summed E-state index contributed by atoms with van der Waals surface area (Å²) in [6, 6.07) is 0. The maximum absolute atomic E-state index is 5.14. The van der Waals surface area contributed by atoms with Gasteiger partial charge in [0.05, 0.1) is 6.61 Å². The summed E-state index contributed by atoms with van der Waals surface area (Å²) in [5.74, 6) is 0. The van der Waals surface area contributed by atoms with E-state index in [1.807, 2.05) is 12.3 Å². The molecule has 1 saturated heterocycles. The molecule has 1 unspecified atom stereocenters. The summed E-state index contributed by atoms with van der Waals surface area (Å²) < 4.78 is 8.88. The van der Waals surface area contributed by atoms with Crippen LogP contribution in [0.15, 0.2) is 5.38 Å². The van der Waals surface area contributed by atoms with Gasteiger partial charge in [0.2, 0.25) is 0 Å². The van der Waals surface area contributed by atoms with Gasteiger partial charge in [0, 0.05) is 5.38 Å². The van der Waals surface area contributed by atoms with Gasteiger partial charge in [0.25, 0.3) is 0 Å². The minimum Gasteiger partial charge on any atom is -0.363 e. The molecule has 0 bridgehead atoms. The molecule has 3 nitrogen and oxygen atoms in total. The fraction of sp³-hybridized carbons (Fsp3) is 0.600. The molecule has 2 rings (SSSR count). The maximum Gasteiger partial charge on any atom is 0.133 e. The second-order valence-corrected chi connectivity index (χ2v) is 2.92. The van der Waals surface area contributed by atoms with Gasteiger partial charge in [-0.05, 0) is 18.5 Å². The van der Waals surface area contributed by atoms with Gasteiger partial charge < -0.3 is 4.74 Å². The SMILES string of the molecule is CC1(c2csnn2)CO1. The van der Waals surface area contributed by atoms with Gasteiger partial charge in [0.1, 0.15) is 11.3 Å². The van der Waals surface area contributed by atoms with Gasteiger partial charge in [-0.15, -0.1) is 5.10 Å². The van der Waals surface area contributed by atoms with E-state index in [1.165, 1.54) is 11.5 Å². The minimum atomic E-state index is -0.0903. The quantitative estimate of drug-likeness (QED) is 0.544. The molecule has 0 saturated carbocycles. The van der Waals surface area contributed by atoms with Crippen molar-refractivity contribution in [3.8, 4) is 0 Å². The number of aromatic nitrogens is 2. The molecule has 0 N–H and O–H groups in total. The van der Waals surface area contributed by atoms with Gasteiger partial charge in [-0.25, -0.2) is 0 Å². The first-order chi connectivity index (χ1) is 4.31. The van der Waals surface area contributed by atoms with Crippen molar-refractivity contribution in [2.45, 2.75) is 12.5 Å². The van der Waals surface area contributed by atoms with Crippen molar-refractivity contribution in [2.24, 2.45) is 0 Å². The normalized spacial score (nSPS) is 32.6. The number of epoxide rings is 1. The second kappa shape index (κ2) is 1.52. The third kappa shape index (κ3) is 0.746. The third-order valence-corrected chi connectivity index (χ3v) is 1.98. The van der Waals surface area contributed by atoms with Gasteiger partial charge in [-0.2, -0.15) is 0 Å². The van der Waals surface area contributed by atoms with Crippen LogP contribution < -0.4 is 0 Å². The number of rotatable bonds is 1. The van der Waals surface area contributed by atoms with E-state index in [1.54, 1.807) is 0 Å². The van der Waals surface area contributed by atoms with Crippen molar-refractivity contribution in [1.82, 2.24) is 9.59 Å². The lowest BCUT2D eigenvalue weighted by atomic mass is 10.1. The summed E-state index contributed by atoms with van der Waals surface area (Å²) in [6.07, 6.45) is 0. The van der Waals surface area contributed by atoms with E-state index in [9.17, 15) is 0 Å². The molecule has 1 atom stereocenters. The molecule has 1 aliphatic rings. The Bertz CT molecular complexity index is 205. The molecule has 1 aromatic rings. The van der Waals surface area contributed by atoms with E-state index in [0.29, 0.717) is 0 Å². The molecule has 1 aromatic heterocycles. The van der Waals surface area contributed by atoms with E-state index in [2.05, 4.69) is 9.59 Å². The lowest BCUT2D eigenvalue weighted by Gasteiger charge is -1.94. The minimum absolute atomic E-state index is 0.0903. The molecular weight excluding hydrogens is 136 g/mol. The van der Waals surface area contributed by atoms with Crippen molar-refractivity contribution in [3.05, 3.63) is 11.1 Å². The zero-order valence-electron chi connectivity index (χ0n) is 5.00.